The maximum Gasteiger partial charge on any atom is 0.336 e. The Balaban J connectivity index is 2.63. The van der Waals surface area contributed by atoms with Gasteiger partial charge in [-0.3, -0.25) is 4.79 Å². The van der Waals surface area contributed by atoms with Crippen molar-refractivity contribution in [3.63, 3.8) is 0 Å². The fourth-order valence-corrected chi connectivity index (χ4v) is 2.23. The first-order chi connectivity index (χ1) is 9.41. The number of aryl methyl sites for hydroxylation is 3. The number of hydrogen-bond acceptors (Lipinski definition) is 2. The van der Waals surface area contributed by atoms with E-state index in [1.807, 2.05) is 19.1 Å². The number of rotatable bonds is 3. The molecule has 0 aliphatic rings. The number of carboxylic acid groups (broad SMARTS) is 1. The first-order valence-electron chi connectivity index (χ1n) is 6.36. The van der Waals surface area contributed by atoms with Gasteiger partial charge in [-0.05, 0) is 31.9 Å². The summed E-state index contributed by atoms with van der Waals surface area (Å²) in [7, 11) is 0. The van der Waals surface area contributed by atoms with Gasteiger partial charge in [-0.1, -0.05) is 42.0 Å². The van der Waals surface area contributed by atoms with Crippen LogP contribution >= 0.6 is 0 Å². The lowest BCUT2D eigenvalue weighted by Gasteiger charge is -2.11. The van der Waals surface area contributed by atoms with Gasteiger partial charge in [0.05, 0.1) is 5.56 Å². The van der Waals surface area contributed by atoms with Crippen LogP contribution in [0.2, 0.25) is 0 Å². The molecular formula is C17H16O3. The van der Waals surface area contributed by atoms with Crippen LogP contribution in [0.4, 0.5) is 0 Å². The van der Waals surface area contributed by atoms with Gasteiger partial charge in [0.15, 0.2) is 5.78 Å². The first-order valence-corrected chi connectivity index (χ1v) is 6.36. The standard InChI is InChI=1S/C17H16O3/c1-10-4-8-13(9-5-10)16(18)14-11(2)6-7-12(3)15(14)17(19)20/h4-9H,1-3H3,(H,19,20). The fourth-order valence-electron chi connectivity index (χ4n) is 2.23. The fraction of sp³-hybridized carbons (Fsp3) is 0.176. The molecule has 20 heavy (non-hydrogen) atoms. The van der Waals surface area contributed by atoms with Gasteiger partial charge in [-0.15, -0.1) is 0 Å². The quantitative estimate of drug-likeness (QED) is 0.866. The number of benzene rings is 2. The van der Waals surface area contributed by atoms with Crippen molar-refractivity contribution in [2.75, 3.05) is 0 Å². The summed E-state index contributed by atoms with van der Waals surface area (Å²) < 4.78 is 0. The molecule has 0 heterocycles. The van der Waals surface area contributed by atoms with Gasteiger partial charge in [0.25, 0.3) is 0 Å². The summed E-state index contributed by atoms with van der Waals surface area (Å²) in [6, 6.07) is 10.7. The maximum atomic E-state index is 12.6. The lowest BCUT2D eigenvalue weighted by atomic mass is 9.91. The Morgan fingerprint density at radius 3 is 1.80 bits per heavy atom. The van der Waals surface area contributed by atoms with E-state index in [-0.39, 0.29) is 16.9 Å². The van der Waals surface area contributed by atoms with E-state index in [2.05, 4.69) is 0 Å². The minimum absolute atomic E-state index is 0.0931. The summed E-state index contributed by atoms with van der Waals surface area (Å²) in [4.78, 5) is 24.0. The van der Waals surface area contributed by atoms with Gasteiger partial charge in [-0.2, -0.15) is 0 Å². The molecule has 1 N–H and O–H groups in total. The highest BCUT2D eigenvalue weighted by Gasteiger charge is 2.22. The molecule has 0 bridgehead atoms. The van der Waals surface area contributed by atoms with Crippen LogP contribution in [0.25, 0.3) is 0 Å². The number of carbonyl (C=O) groups is 2. The number of carboxylic acids is 1. The van der Waals surface area contributed by atoms with E-state index in [0.717, 1.165) is 5.56 Å². The summed E-state index contributed by atoms with van der Waals surface area (Å²) in [5, 5.41) is 9.36. The second-order valence-electron chi connectivity index (χ2n) is 4.95. The molecule has 0 fully saturated rings. The number of hydrogen-bond donors (Lipinski definition) is 1. The van der Waals surface area contributed by atoms with Crippen molar-refractivity contribution < 1.29 is 14.7 Å². The molecule has 0 atom stereocenters. The van der Waals surface area contributed by atoms with Gasteiger partial charge < -0.3 is 5.11 Å². The third kappa shape index (κ3) is 2.48. The normalized spacial score (nSPS) is 10.3. The molecule has 2 rings (SSSR count). The topological polar surface area (TPSA) is 54.4 Å². The molecular weight excluding hydrogens is 252 g/mol. The minimum atomic E-state index is -1.07. The lowest BCUT2D eigenvalue weighted by molar-refractivity contribution is 0.0692. The van der Waals surface area contributed by atoms with Crippen molar-refractivity contribution in [3.05, 3.63) is 69.8 Å². The van der Waals surface area contributed by atoms with E-state index in [0.29, 0.717) is 16.7 Å². The first kappa shape index (κ1) is 14.0. The summed E-state index contributed by atoms with van der Waals surface area (Å²) in [5.74, 6) is -1.31. The van der Waals surface area contributed by atoms with Gasteiger partial charge in [0, 0.05) is 11.1 Å². The predicted molar refractivity (Wildman–Crippen MR) is 77.5 cm³/mol. The third-order valence-corrected chi connectivity index (χ3v) is 3.38. The average molecular weight is 268 g/mol. The molecule has 0 aliphatic carbocycles. The Kier molecular flexibility index (Phi) is 3.70. The van der Waals surface area contributed by atoms with E-state index >= 15 is 0 Å². The van der Waals surface area contributed by atoms with E-state index in [1.165, 1.54) is 0 Å². The summed E-state index contributed by atoms with van der Waals surface area (Å²) in [5.41, 5.74) is 3.21. The summed E-state index contributed by atoms with van der Waals surface area (Å²) >= 11 is 0. The van der Waals surface area contributed by atoms with Crippen LogP contribution < -0.4 is 0 Å². The van der Waals surface area contributed by atoms with Crippen LogP contribution in [-0.4, -0.2) is 16.9 Å². The smallest absolute Gasteiger partial charge is 0.336 e. The van der Waals surface area contributed by atoms with Crippen molar-refractivity contribution in [1.82, 2.24) is 0 Å². The number of ketones is 1. The Bertz CT molecular complexity index is 682. The van der Waals surface area contributed by atoms with Crippen LogP contribution in [0.15, 0.2) is 36.4 Å². The summed E-state index contributed by atoms with van der Waals surface area (Å²) in [6.07, 6.45) is 0. The molecule has 0 aromatic heterocycles. The van der Waals surface area contributed by atoms with Crippen LogP contribution in [0.5, 0.6) is 0 Å². The lowest BCUT2D eigenvalue weighted by Crippen LogP contribution is -2.13. The SMILES string of the molecule is Cc1ccc(C(=O)c2c(C)ccc(C)c2C(=O)O)cc1. The molecule has 0 aliphatic heterocycles. The summed E-state index contributed by atoms with van der Waals surface area (Å²) in [6.45, 7) is 5.40. The van der Waals surface area contributed by atoms with E-state index in [9.17, 15) is 14.7 Å². The predicted octanol–water partition coefficient (Wildman–Crippen LogP) is 3.54. The van der Waals surface area contributed by atoms with E-state index in [1.54, 1.807) is 38.1 Å². The molecule has 0 saturated heterocycles. The highest BCUT2D eigenvalue weighted by molar-refractivity contribution is 6.15. The van der Waals surface area contributed by atoms with Gasteiger partial charge in [-0.25, -0.2) is 4.79 Å². The van der Waals surface area contributed by atoms with Crippen LogP contribution in [0.1, 0.15) is 43.0 Å². The molecule has 3 heteroatoms. The maximum absolute atomic E-state index is 12.6. The van der Waals surface area contributed by atoms with Gasteiger partial charge in [0.1, 0.15) is 0 Å². The van der Waals surface area contributed by atoms with Crippen LogP contribution in [0, 0.1) is 20.8 Å². The molecule has 2 aromatic rings. The van der Waals surface area contributed by atoms with Gasteiger partial charge >= 0.3 is 5.97 Å². The zero-order valence-electron chi connectivity index (χ0n) is 11.7. The van der Waals surface area contributed by atoms with Crippen molar-refractivity contribution in [2.24, 2.45) is 0 Å². The Morgan fingerprint density at radius 1 is 0.800 bits per heavy atom. The Morgan fingerprint density at radius 2 is 1.30 bits per heavy atom. The molecule has 102 valence electrons. The molecule has 2 aromatic carbocycles. The zero-order valence-corrected chi connectivity index (χ0v) is 11.7. The second kappa shape index (κ2) is 5.29. The molecule has 0 spiro atoms. The molecule has 0 saturated carbocycles. The highest BCUT2D eigenvalue weighted by Crippen LogP contribution is 2.22. The minimum Gasteiger partial charge on any atom is -0.478 e. The monoisotopic (exact) mass is 268 g/mol. The molecule has 0 amide bonds. The number of carbonyl (C=O) groups excluding carboxylic acids is 1. The van der Waals surface area contributed by atoms with Crippen LogP contribution in [-0.2, 0) is 0 Å². The van der Waals surface area contributed by atoms with E-state index < -0.39 is 5.97 Å². The third-order valence-electron chi connectivity index (χ3n) is 3.38. The molecule has 3 nitrogen and oxygen atoms in total. The van der Waals surface area contributed by atoms with Crippen molar-refractivity contribution in [3.8, 4) is 0 Å². The van der Waals surface area contributed by atoms with Crippen molar-refractivity contribution in [1.29, 1.82) is 0 Å². The Labute approximate surface area is 117 Å². The molecule has 0 radical (unpaired) electrons. The van der Waals surface area contributed by atoms with Crippen molar-refractivity contribution >= 4 is 11.8 Å². The highest BCUT2D eigenvalue weighted by atomic mass is 16.4. The average Bonchev–Trinajstić information content (AvgIpc) is 2.40. The molecule has 0 unspecified atom stereocenters. The second-order valence-corrected chi connectivity index (χ2v) is 4.95. The van der Waals surface area contributed by atoms with Gasteiger partial charge in [0.2, 0.25) is 0 Å². The Hall–Kier alpha value is -2.42. The zero-order chi connectivity index (χ0) is 14.9. The van der Waals surface area contributed by atoms with E-state index in [4.69, 9.17) is 0 Å². The van der Waals surface area contributed by atoms with Crippen molar-refractivity contribution in [2.45, 2.75) is 20.8 Å². The largest absolute Gasteiger partial charge is 0.478 e. The number of aromatic carboxylic acids is 1. The van der Waals surface area contributed by atoms with Crippen LogP contribution in [0.3, 0.4) is 0 Å².